The van der Waals surface area contributed by atoms with E-state index in [1.165, 1.54) is 6.07 Å². The van der Waals surface area contributed by atoms with Gasteiger partial charge in [0.05, 0.1) is 17.6 Å². The molecule has 0 atom stereocenters. The number of hydrogen-bond donors (Lipinski definition) is 1. The van der Waals surface area contributed by atoms with Crippen molar-refractivity contribution < 1.29 is 13.5 Å². The van der Waals surface area contributed by atoms with Crippen LogP contribution in [0.2, 0.25) is 0 Å². The maximum atomic E-state index is 13.7. The predicted molar refractivity (Wildman–Crippen MR) is 77.2 cm³/mol. The van der Waals surface area contributed by atoms with E-state index in [0.29, 0.717) is 18.0 Å². The molecule has 0 spiro atoms. The second kappa shape index (κ2) is 5.52. The normalized spacial score (nSPS) is 11.0. The summed E-state index contributed by atoms with van der Waals surface area (Å²) in [6.45, 7) is 2.23. The number of fused-ring (bicyclic) bond motifs is 1. The quantitative estimate of drug-likeness (QED) is 0.777. The first-order valence-corrected chi connectivity index (χ1v) is 6.76. The molecule has 1 aromatic heterocycles. The Morgan fingerprint density at radius 2 is 2.00 bits per heavy atom. The third kappa shape index (κ3) is 2.59. The van der Waals surface area contributed by atoms with Crippen LogP contribution in [0.25, 0.3) is 22.4 Å². The van der Waals surface area contributed by atoms with Gasteiger partial charge >= 0.3 is 0 Å². The van der Waals surface area contributed by atoms with E-state index in [4.69, 9.17) is 4.74 Å². The molecule has 2 aromatic carbocycles. The summed E-state index contributed by atoms with van der Waals surface area (Å²) >= 11 is 0. The Morgan fingerprint density at radius 3 is 2.76 bits per heavy atom. The summed E-state index contributed by atoms with van der Waals surface area (Å²) < 4.78 is 32.7. The van der Waals surface area contributed by atoms with Gasteiger partial charge in [-0.25, -0.2) is 9.37 Å². The van der Waals surface area contributed by atoms with Gasteiger partial charge in [-0.15, -0.1) is 0 Å². The number of rotatable bonds is 4. The first-order valence-electron chi connectivity index (χ1n) is 6.76. The minimum atomic E-state index is -0.969. The fourth-order valence-corrected chi connectivity index (χ4v) is 2.11. The molecule has 0 radical (unpaired) electrons. The highest BCUT2D eigenvalue weighted by Gasteiger charge is 2.15. The van der Waals surface area contributed by atoms with Gasteiger partial charge in [-0.2, -0.15) is 4.39 Å². The molecule has 5 heteroatoms. The maximum Gasteiger partial charge on any atom is 0.200 e. The molecule has 21 heavy (non-hydrogen) atoms. The lowest BCUT2D eigenvalue weighted by molar-refractivity contribution is 0.295. The summed E-state index contributed by atoms with van der Waals surface area (Å²) in [5.41, 5.74) is 2.07. The van der Waals surface area contributed by atoms with Crippen LogP contribution in [0.3, 0.4) is 0 Å². The van der Waals surface area contributed by atoms with Crippen molar-refractivity contribution in [1.29, 1.82) is 0 Å². The number of nitrogens with one attached hydrogen (secondary N) is 1. The summed E-state index contributed by atoms with van der Waals surface area (Å²) in [6.07, 6.45) is 0.718. The Labute approximate surface area is 120 Å². The summed E-state index contributed by atoms with van der Waals surface area (Å²) in [6, 6.07) is 10.1. The number of hydrogen-bond acceptors (Lipinski definition) is 2. The third-order valence-electron chi connectivity index (χ3n) is 3.12. The van der Waals surface area contributed by atoms with E-state index in [2.05, 4.69) is 9.97 Å². The lowest BCUT2D eigenvalue weighted by atomic mass is 10.2. The zero-order chi connectivity index (χ0) is 14.8. The predicted octanol–water partition coefficient (Wildman–Crippen LogP) is 4.30. The molecule has 0 unspecified atom stereocenters. The molecule has 108 valence electrons. The van der Waals surface area contributed by atoms with Crippen LogP contribution in [-0.4, -0.2) is 16.6 Å². The molecule has 0 aliphatic heterocycles. The monoisotopic (exact) mass is 288 g/mol. The SMILES string of the molecule is CCCOc1cc(-c2nc3ccccc3[nH]2)cc(F)c1F. The molecule has 0 aliphatic carbocycles. The van der Waals surface area contributed by atoms with Gasteiger partial charge in [0.1, 0.15) is 5.82 Å². The highest BCUT2D eigenvalue weighted by molar-refractivity contribution is 5.79. The number of aromatic amines is 1. The molecule has 0 saturated carbocycles. The van der Waals surface area contributed by atoms with Gasteiger partial charge in [0.15, 0.2) is 11.6 Å². The number of nitrogens with zero attached hydrogens (tertiary/aromatic N) is 1. The van der Waals surface area contributed by atoms with Crippen LogP contribution >= 0.6 is 0 Å². The molecule has 0 fully saturated rings. The molecule has 0 aliphatic rings. The number of ether oxygens (including phenoxy) is 1. The van der Waals surface area contributed by atoms with Gasteiger partial charge in [-0.1, -0.05) is 19.1 Å². The zero-order valence-corrected chi connectivity index (χ0v) is 11.5. The van der Waals surface area contributed by atoms with Crippen LogP contribution in [0.4, 0.5) is 8.78 Å². The van der Waals surface area contributed by atoms with E-state index in [1.54, 1.807) is 0 Å². The third-order valence-corrected chi connectivity index (χ3v) is 3.12. The van der Waals surface area contributed by atoms with Crippen molar-refractivity contribution >= 4 is 11.0 Å². The Hall–Kier alpha value is -2.43. The smallest absolute Gasteiger partial charge is 0.200 e. The van der Waals surface area contributed by atoms with Gasteiger partial charge < -0.3 is 9.72 Å². The number of H-pyrrole nitrogens is 1. The summed E-state index contributed by atoms with van der Waals surface area (Å²) in [4.78, 5) is 7.46. The number of halogens is 2. The van der Waals surface area contributed by atoms with Crippen molar-refractivity contribution in [3.8, 4) is 17.1 Å². The molecule has 0 bridgehead atoms. The Morgan fingerprint density at radius 1 is 1.19 bits per heavy atom. The van der Waals surface area contributed by atoms with E-state index in [9.17, 15) is 8.78 Å². The molecule has 3 rings (SSSR count). The van der Waals surface area contributed by atoms with E-state index in [1.807, 2.05) is 31.2 Å². The number of imidazole rings is 1. The van der Waals surface area contributed by atoms with Gasteiger partial charge in [-0.05, 0) is 30.7 Å². The molecule has 1 heterocycles. The molecule has 3 aromatic rings. The highest BCUT2D eigenvalue weighted by Crippen LogP contribution is 2.28. The van der Waals surface area contributed by atoms with Crippen molar-refractivity contribution in [3.05, 3.63) is 48.0 Å². The summed E-state index contributed by atoms with van der Waals surface area (Å²) in [5, 5.41) is 0. The second-order valence-electron chi connectivity index (χ2n) is 4.72. The van der Waals surface area contributed by atoms with Gasteiger partial charge in [0, 0.05) is 5.56 Å². The lowest BCUT2D eigenvalue weighted by Gasteiger charge is -2.08. The average molecular weight is 288 g/mol. The maximum absolute atomic E-state index is 13.7. The van der Waals surface area contributed by atoms with Crippen LogP contribution in [0.5, 0.6) is 5.75 Å². The van der Waals surface area contributed by atoms with Crippen LogP contribution in [0, 0.1) is 11.6 Å². The van der Waals surface area contributed by atoms with Crippen LogP contribution in [-0.2, 0) is 0 Å². The topological polar surface area (TPSA) is 37.9 Å². The number of para-hydroxylation sites is 2. The fraction of sp³-hybridized carbons (Fsp3) is 0.188. The Bertz CT molecular complexity index is 750. The first kappa shape index (κ1) is 13.5. The largest absolute Gasteiger partial charge is 0.490 e. The second-order valence-corrected chi connectivity index (χ2v) is 4.72. The van der Waals surface area contributed by atoms with Crippen molar-refractivity contribution in [2.75, 3.05) is 6.61 Å². The van der Waals surface area contributed by atoms with E-state index in [-0.39, 0.29) is 5.75 Å². The molecular formula is C16H14F2N2O. The van der Waals surface area contributed by atoms with Crippen LogP contribution < -0.4 is 4.74 Å². The van der Waals surface area contributed by atoms with Crippen LogP contribution in [0.1, 0.15) is 13.3 Å². The number of benzene rings is 2. The minimum absolute atomic E-state index is 0.0905. The van der Waals surface area contributed by atoms with Crippen LogP contribution in [0.15, 0.2) is 36.4 Å². The first-order chi connectivity index (χ1) is 10.2. The molecule has 0 amide bonds. The summed E-state index contributed by atoms with van der Waals surface area (Å²) in [7, 11) is 0. The molecular weight excluding hydrogens is 274 g/mol. The van der Waals surface area contributed by atoms with Crippen molar-refractivity contribution in [1.82, 2.24) is 9.97 Å². The van der Waals surface area contributed by atoms with Crippen molar-refractivity contribution in [3.63, 3.8) is 0 Å². The standard InChI is InChI=1S/C16H14F2N2O/c1-2-7-21-14-9-10(8-11(17)15(14)18)16-19-12-5-3-4-6-13(12)20-16/h3-6,8-9H,2,7H2,1H3,(H,19,20). The molecule has 0 saturated heterocycles. The molecule has 3 nitrogen and oxygen atoms in total. The summed E-state index contributed by atoms with van der Waals surface area (Å²) in [5.74, 6) is -1.52. The highest BCUT2D eigenvalue weighted by atomic mass is 19.2. The minimum Gasteiger partial charge on any atom is -0.490 e. The lowest BCUT2D eigenvalue weighted by Crippen LogP contribution is -2.00. The van der Waals surface area contributed by atoms with Gasteiger partial charge in [0.25, 0.3) is 0 Å². The average Bonchev–Trinajstić information content (AvgIpc) is 2.92. The Balaban J connectivity index is 2.06. The molecule has 1 N–H and O–H groups in total. The zero-order valence-electron chi connectivity index (χ0n) is 11.5. The van der Waals surface area contributed by atoms with Gasteiger partial charge in [0.2, 0.25) is 5.82 Å². The van der Waals surface area contributed by atoms with E-state index in [0.717, 1.165) is 23.5 Å². The van der Waals surface area contributed by atoms with E-state index < -0.39 is 11.6 Å². The number of aromatic nitrogens is 2. The Kier molecular flexibility index (Phi) is 3.56. The van der Waals surface area contributed by atoms with Crippen molar-refractivity contribution in [2.24, 2.45) is 0 Å². The van der Waals surface area contributed by atoms with E-state index >= 15 is 0 Å². The van der Waals surface area contributed by atoms with Crippen molar-refractivity contribution in [2.45, 2.75) is 13.3 Å². The fourth-order valence-electron chi connectivity index (χ4n) is 2.11. The van der Waals surface area contributed by atoms with Gasteiger partial charge in [-0.3, -0.25) is 0 Å².